The molecule has 3 saturated heterocycles. The average Bonchev–Trinajstić information content (AvgIpc) is 3.06. The molecular formula is C21H26N2O4. The van der Waals surface area contributed by atoms with Gasteiger partial charge in [-0.3, -0.25) is 4.48 Å². The first-order valence-electron chi connectivity index (χ1n) is 9.72. The Morgan fingerprint density at radius 2 is 2.19 bits per heavy atom. The molecular weight excluding hydrogens is 344 g/mol. The quantitative estimate of drug-likeness (QED) is 0.502. The van der Waals surface area contributed by atoms with Gasteiger partial charge >= 0.3 is 0 Å². The number of aliphatic hydroxyl groups excluding tert-OH is 2. The lowest BCUT2D eigenvalue weighted by atomic mass is 9.45. The molecule has 144 valence electrons. The minimum Gasteiger partial charge on any atom is -0.549 e. The van der Waals surface area contributed by atoms with Gasteiger partial charge in [-0.05, 0) is 30.5 Å². The maximum atomic E-state index is 12.8. The first kappa shape index (κ1) is 17.2. The number of likely N-dealkylation sites (N-methyl/N-ethyl adjacent to an activating group) is 1. The van der Waals surface area contributed by atoms with Gasteiger partial charge in [0.1, 0.15) is 12.6 Å². The Kier molecular flexibility index (Phi) is 3.14. The smallest absolute Gasteiger partial charge is 0.210 e. The summed E-state index contributed by atoms with van der Waals surface area (Å²) < 4.78 is 0.522. The molecule has 4 bridgehead atoms. The number of rotatable bonds is 2. The SMILES string of the molecule is C/C=C1/C[N@+]2(C)CC[C@@]34c5ccccc5N[C@]32[C@@H](O)C[C@H]1[C@@]4(CO)C(=O)[O-]. The van der Waals surface area contributed by atoms with E-state index in [0.29, 0.717) is 23.9 Å². The van der Waals surface area contributed by atoms with Crippen molar-refractivity contribution in [3.63, 3.8) is 0 Å². The van der Waals surface area contributed by atoms with Gasteiger partial charge in [-0.1, -0.05) is 24.3 Å². The molecule has 4 heterocycles. The van der Waals surface area contributed by atoms with Gasteiger partial charge in [0.25, 0.3) is 0 Å². The summed E-state index contributed by atoms with van der Waals surface area (Å²) in [5.41, 5.74) is -0.526. The molecule has 6 rings (SSSR count). The maximum absolute atomic E-state index is 12.8. The molecule has 0 unspecified atom stereocenters. The number of nitrogens with zero attached hydrogens (tertiary/aromatic N) is 1. The monoisotopic (exact) mass is 370 g/mol. The van der Waals surface area contributed by atoms with Crippen LogP contribution in [0.3, 0.4) is 0 Å². The molecule has 0 amide bonds. The fraction of sp³-hybridized carbons (Fsp3) is 0.571. The van der Waals surface area contributed by atoms with E-state index >= 15 is 0 Å². The van der Waals surface area contributed by atoms with Crippen LogP contribution in [0, 0.1) is 11.3 Å². The Labute approximate surface area is 158 Å². The van der Waals surface area contributed by atoms with Crippen molar-refractivity contribution in [1.29, 1.82) is 0 Å². The fourth-order valence-corrected chi connectivity index (χ4v) is 7.52. The number of hydrogen-bond donors (Lipinski definition) is 3. The number of aliphatic carboxylic acids is 1. The van der Waals surface area contributed by atoms with Crippen LogP contribution in [0.2, 0.25) is 0 Å². The first-order valence-corrected chi connectivity index (χ1v) is 9.72. The van der Waals surface area contributed by atoms with Crippen molar-refractivity contribution >= 4 is 11.7 Å². The van der Waals surface area contributed by atoms with Crippen molar-refractivity contribution in [3.8, 4) is 0 Å². The lowest BCUT2D eigenvalue weighted by Crippen LogP contribution is -2.79. The number of anilines is 1. The molecule has 6 nitrogen and oxygen atoms in total. The Balaban J connectivity index is 1.97. The van der Waals surface area contributed by atoms with Gasteiger partial charge in [-0.2, -0.15) is 0 Å². The number of para-hydroxylation sites is 1. The fourth-order valence-electron chi connectivity index (χ4n) is 7.52. The van der Waals surface area contributed by atoms with Crippen molar-refractivity contribution in [2.75, 3.05) is 32.1 Å². The summed E-state index contributed by atoms with van der Waals surface area (Å²) in [4.78, 5) is 12.8. The number of benzene rings is 1. The third-order valence-electron chi connectivity index (χ3n) is 8.46. The number of nitrogens with one attached hydrogen (secondary N) is 1. The van der Waals surface area contributed by atoms with Crippen LogP contribution < -0.4 is 10.4 Å². The van der Waals surface area contributed by atoms with Crippen molar-refractivity contribution in [1.82, 2.24) is 0 Å². The highest BCUT2D eigenvalue weighted by atomic mass is 16.4. The van der Waals surface area contributed by atoms with E-state index in [2.05, 4.69) is 12.4 Å². The van der Waals surface area contributed by atoms with Crippen LogP contribution in [0.25, 0.3) is 0 Å². The van der Waals surface area contributed by atoms with Crippen molar-refractivity contribution < 1.29 is 24.6 Å². The number of fused-ring (bicyclic) bond motifs is 3. The second-order valence-electron chi connectivity index (χ2n) is 8.95. The topological polar surface area (TPSA) is 92.6 Å². The van der Waals surface area contributed by atoms with E-state index < -0.39 is 41.1 Å². The molecule has 6 atom stereocenters. The highest BCUT2D eigenvalue weighted by molar-refractivity contribution is 5.82. The van der Waals surface area contributed by atoms with Gasteiger partial charge in [0.2, 0.25) is 5.66 Å². The predicted molar refractivity (Wildman–Crippen MR) is 97.4 cm³/mol. The number of carbonyl (C=O) groups is 1. The molecule has 1 spiro atoms. The van der Waals surface area contributed by atoms with Gasteiger partial charge in [0.05, 0.1) is 37.0 Å². The van der Waals surface area contributed by atoms with E-state index in [9.17, 15) is 20.1 Å². The molecule has 27 heavy (non-hydrogen) atoms. The second kappa shape index (κ2) is 4.93. The van der Waals surface area contributed by atoms with E-state index in [1.807, 2.05) is 37.3 Å². The predicted octanol–water partition coefficient (Wildman–Crippen LogP) is -0.0342. The zero-order valence-corrected chi connectivity index (χ0v) is 15.7. The standard InChI is InChI=1S/C21H26N2O4/c1-3-13-11-23(2)9-8-20-14-6-4-5-7-16(14)22-21(20,23)17(25)10-15(13)19(20,12-24)18(26)27/h3-7,15,17,22,24-25H,8-12H2,1-2H3/b13-3-/t15-,17+,19+,20+,21+,23+/m1/s1. The number of hydrogen-bond acceptors (Lipinski definition) is 5. The van der Waals surface area contributed by atoms with E-state index in [-0.39, 0.29) is 0 Å². The first-order chi connectivity index (χ1) is 12.8. The molecule has 1 saturated carbocycles. The second-order valence-corrected chi connectivity index (χ2v) is 8.95. The van der Waals surface area contributed by atoms with Gasteiger partial charge in [0, 0.05) is 18.0 Å². The molecule has 1 aliphatic carbocycles. The van der Waals surface area contributed by atoms with Gasteiger partial charge < -0.3 is 25.4 Å². The summed E-state index contributed by atoms with van der Waals surface area (Å²) >= 11 is 0. The number of carboxylic acid groups (broad SMARTS) is 1. The number of aliphatic hydroxyl groups is 2. The van der Waals surface area contributed by atoms with Crippen LogP contribution >= 0.6 is 0 Å². The highest BCUT2D eigenvalue weighted by Crippen LogP contribution is 2.73. The lowest BCUT2D eigenvalue weighted by molar-refractivity contribution is -0.944. The minimum absolute atomic E-state index is 0.310. The van der Waals surface area contributed by atoms with E-state index in [4.69, 9.17) is 0 Å². The van der Waals surface area contributed by atoms with Crippen LogP contribution in [0.1, 0.15) is 25.3 Å². The summed E-state index contributed by atoms with van der Waals surface area (Å²) in [6.07, 6.45) is 2.16. The molecule has 4 aliphatic heterocycles. The molecule has 4 fully saturated rings. The molecule has 0 aromatic heterocycles. The molecule has 6 heteroatoms. The van der Waals surface area contributed by atoms with Gasteiger partial charge in [-0.15, -0.1) is 0 Å². The summed E-state index contributed by atoms with van der Waals surface area (Å²) in [6.45, 7) is 2.82. The molecule has 0 radical (unpaired) electrons. The molecule has 3 N–H and O–H groups in total. The van der Waals surface area contributed by atoms with E-state index in [0.717, 1.165) is 23.4 Å². The minimum atomic E-state index is -1.47. The Hall–Kier alpha value is -1.89. The number of allylic oxidation sites excluding steroid dienone is 1. The van der Waals surface area contributed by atoms with Gasteiger partial charge in [0.15, 0.2) is 0 Å². The number of carbonyl (C=O) groups excluding carboxylic acids is 1. The summed E-state index contributed by atoms with van der Waals surface area (Å²) in [5, 5.41) is 38.6. The normalized spacial score (nSPS) is 48.1. The highest BCUT2D eigenvalue weighted by Gasteiger charge is 2.86. The summed E-state index contributed by atoms with van der Waals surface area (Å²) in [7, 11) is 2.11. The number of carboxylic acids is 1. The van der Waals surface area contributed by atoms with Crippen LogP contribution in [0.5, 0.6) is 0 Å². The van der Waals surface area contributed by atoms with Gasteiger partial charge in [-0.25, -0.2) is 0 Å². The number of quaternary nitrogens is 1. The molecule has 1 aromatic rings. The molecule has 1 aromatic carbocycles. The average molecular weight is 370 g/mol. The zero-order valence-electron chi connectivity index (χ0n) is 15.7. The lowest BCUT2D eigenvalue weighted by Gasteiger charge is -2.60. The van der Waals surface area contributed by atoms with Crippen LogP contribution in [0.4, 0.5) is 5.69 Å². The Morgan fingerprint density at radius 1 is 1.44 bits per heavy atom. The van der Waals surface area contributed by atoms with Crippen molar-refractivity contribution in [2.45, 2.75) is 36.9 Å². The van der Waals surface area contributed by atoms with Crippen LogP contribution in [0.15, 0.2) is 35.9 Å². The van der Waals surface area contributed by atoms with Crippen LogP contribution in [-0.4, -0.2) is 59.2 Å². The summed E-state index contributed by atoms with van der Waals surface area (Å²) in [5.74, 6) is -1.66. The third kappa shape index (κ3) is 1.45. The van der Waals surface area contributed by atoms with E-state index in [1.165, 1.54) is 0 Å². The van der Waals surface area contributed by atoms with Crippen molar-refractivity contribution in [2.24, 2.45) is 11.3 Å². The largest absolute Gasteiger partial charge is 0.549 e. The van der Waals surface area contributed by atoms with Crippen molar-refractivity contribution in [3.05, 3.63) is 41.5 Å². The Morgan fingerprint density at radius 3 is 2.85 bits per heavy atom. The Bertz CT molecular complexity index is 885. The summed E-state index contributed by atoms with van der Waals surface area (Å²) in [6, 6.07) is 7.74. The van der Waals surface area contributed by atoms with Crippen LogP contribution in [-0.2, 0) is 10.2 Å². The zero-order chi connectivity index (χ0) is 19.2. The maximum Gasteiger partial charge on any atom is 0.210 e. The van der Waals surface area contributed by atoms with E-state index in [1.54, 1.807) is 0 Å². The third-order valence-corrected chi connectivity index (χ3v) is 8.46. The molecule has 5 aliphatic rings.